The molecule has 0 atom stereocenters. The molecule has 3 heteroatoms. The van der Waals surface area contributed by atoms with E-state index in [-0.39, 0.29) is 5.82 Å². The Morgan fingerprint density at radius 1 is 1.16 bits per heavy atom. The van der Waals surface area contributed by atoms with E-state index in [0.29, 0.717) is 18.7 Å². The lowest BCUT2D eigenvalue weighted by atomic mass is 10.1. The maximum Gasteiger partial charge on any atom is 0.126 e. The summed E-state index contributed by atoms with van der Waals surface area (Å²) in [7, 11) is 1.68. The number of anilines is 1. The zero-order valence-electron chi connectivity index (χ0n) is 11.2. The lowest BCUT2D eigenvalue weighted by molar-refractivity contribution is 0.185. The average molecular weight is 259 g/mol. The quantitative estimate of drug-likeness (QED) is 0.879. The molecule has 0 bridgehead atoms. The first-order chi connectivity index (χ1) is 9.20. The van der Waals surface area contributed by atoms with Gasteiger partial charge in [0.15, 0.2) is 0 Å². The van der Waals surface area contributed by atoms with Crippen molar-refractivity contribution in [2.24, 2.45) is 0 Å². The van der Waals surface area contributed by atoms with Gasteiger partial charge in [-0.05, 0) is 30.2 Å². The normalized spacial score (nSPS) is 10.5. The van der Waals surface area contributed by atoms with Gasteiger partial charge in [0, 0.05) is 24.9 Å². The molecule has 0 radical (unpaired) electrons. The van der Waals surface area contributed by atoms with Gasteiger partial charge in [-0.2, -0.15) is 0 Å². The number of nitrogens with one attached hydrogen (secondary N) is 1. The summed E-state index contributed by atoms with van der Waals surface area (Å²) in [6, 6.07) is 13.2. The lowest BCUT2D eigenvalue weighted by Crippen LogP contribution is -2.03. The van der Waals surface area contributed by atoms with Crippen LogP contribution in [0.3, 0.4) is 0 Å². The van der Waals surface area contributed by atoms with Crippen LogP contribution in [-0.2, 0) is 17.9 Å². The SMILES string of the molecule is COCc1ccccc1NCc1ccc(F)c(C)c1. The number of hydrogen-bond donors (Lipinski definition) is 1. The average Bonchev–Trinajstić information content (AvgIpc) is 2.42. The fourth-order valence-electron chi connectivity index (χ4n) is 1.99. The van der Waals surface area contributed by atoms with Crippen molar-refractivity contribution in [3.8, 4) is 0 Å². The largest absolute Gasteiger partial charge is 0.381 e. The van der Waals surface area contributed by atoms with Crippen LogP contribution in [-0.4, -0.2) is 7.11 Å². The maximum atomic E-state index is 13.2. The first kappa shape index (κ1) is 13.6. The van der Waals surface area contributed by atoms with E-state index in [1.54, 1.807) is 20.1 Å². The van der Waals surface area contributed by atoms with Crippen LogP contribution in [0.4, 0.5) is 10.1 Å². The topological polar surface area (TPSA) is 21.3 Å². The van der Waals surface area contributed by atoms with Crippen molar-refractivity contribution < 1.29 is 9.13 Å². The monoisotopic (exact) mass is 259 g/mol. The molecule has 0 saturated heterocycles. The highest BCUT2D eigenvalue weighted by molar-refractivity contribution is 5.51. The summed E-state index contributed by atoms with van der Waals surface area (Å²) in [5.74, 6) is -0.163. The number of halogens is 1. The van der Waals surface area contributed by atoms with E-state index in [4.69, 9.17) is 4.74 Å². The Morgan fingerprint density at radius 2 is 1.95 bits per heavy atom. The summed E-state index contributed by atoms with van der Waals surface area (Å²) < 4.78 is 18.4. The van der Waals surface area contributed by atoms with Crippen molar-refractivity contribution >= 4 is 5.69 Å². The lowest BCUT2D eigenvalue weighted by Gasteiger charge is -2.12. The van der Waals surface area contributed by atoms with Crippen LogP contribution in [0.1, 0.15) is 16.7 Å². The van der Waals surface area contributed by atoms with E-state index in [1.807, 2.05) is 30.3 Å². The predicted octanol–water partition coefficient (Wildman–Crippen LogP) is 3.89. The third-order valence-corrected chi connectivity index (χ3v) is 3.02. The molecule has 2 rings (SSSR count). The fraction of sp³-hybridized carbons (Fsp3) is 0.250. The van der Waals surface area contributed by atoms with E-state index in [2.05, 4.69) is 5.32 Å². The number of para-hydroxylation sites is 1. The van der Waals surface area contributed by atoms with Crippen LogP contribution < -0.4 is 5.32 Å². The molecule has 100 valence electrons. The van der Waals surface area contributed by atoms with Gasteiger partial charge in [-0.15, -0.1) is 0 Å². The Kier molecular flexibility index (Phi) is 4.53. The van der Waals surface area contributed by atoms with Gasteiger partial charge in [0.05, 0.1) is 6.61 Å². The van der Waals surface area contributed by atoms with Crippen molar-refractivity contribution in [1.82, 2.24) is 0 Å². The maximum absolute atomic E-state index is 13.2. The highest BCUT2D eigenvalue weighted by atomic mass is 19.1. The van der Waals surface area contributed by atoms with Crippen molar-refractivity contribution in [1.29, 1.82) is 0 Å². The van der Waals surface area contributed by atoms with E-state index in [0.717, 1.165) is 16.8 Å². The molecule has 0 aliphatic carbocycles. The summed E-state index contributed by atoms with van der Waals surface area (Å²) in [5, 5.41) is 3.36. The molecule has 2 aromatic carbocycles. The Labute approximate surface area is 113 Å². The molecular formula is C16H18FNO. The molecule has 0 spiro atoms. The van der Waals surface area contributed by atoms with Crippen LogP contribution in [0.5, 0.6) is 0 Å². The van der Waals surface area contributed by atoms with Crippen LogP contribution in [0.2, 0.25) is 0 Å². The number of ether oxygens (including phenoxy) is 1. The van der Waals surface area contributed by atoms with Gasteiger partial charge >= 0.3 is 0 Å². The minimum atomic E-state index is -0.163. The van der Waals surface area contributed by atoms with E-state index in [1.165, 1.54) is 6.07 Å². The minimum absolute atomic E-state index is 0.163. The van der Waals surface area contributed by atoms with Crippen molar-refractivity contribution in [3.63, 3.8) is 0 Å². The summed E-state index contributed by atoms with van der Waals surface area (Å²) in [6.45, 7) is 3.02. The Bertz CT molecular complexity index is 554. The van der Waals surface area contributed by atoms with E-state index in [9.17, 15) is 4.39 Å². The molecule has 0 aliphatic heterocycles. The highest BCUT2D eigenvalue weighted by Crippen LogP contribution is 2.17. The molecule has 0 aromatic heterocycles. The van der Waals surface area contributed by atoms with E-state index < -0.39 is 0 Å². The fourth-order valence-corrected chi connectivity index (χ4v) is 1.99. The number of aryl methyl sites for hydroxylation is 1. The Balaban J connectivity index is 2.07. The molecule has 0 heterocycles. The van der Waals surface area contributed by atoms with Crippen molar-refractivity contribution in [3.05, 3.63) is 65.0 Å². The zero-order chi connectivity index (χ0) is 13.7. The van der Waals surface area contributed by atoms with Gasteiger partial charge in [0.1, 0.15) is 5.82 Å². The second kappa shape index (κ2) is 6.34. The Morgan fingerprint density at radius 3 is 2.68 bits per heavy atom. The van der Waals surface area contributed by atoms with Gasteiger partial charge in [-0.1, -0.05) is 30.3 Å². The summed E-state index contributed by atoms with van der Waals surface area (Å²) in [6.07, 6.45) is 0. The van der Waals surface area contributed by atoms with Gasteiger partial charge in [0.25, 0.3) is 0 Å². The molecular weight excluding hydrogens is 241 g/mol. The zero-order valence-corrected chi connectivity index (χ0v) is 11.2. The molecule has 0 saturated carbocycles. The molecule has 0 fully saturated rings. The van der Waals surface area contributed by atoms with Gasteiger partial charge in [-0.3, -0.25) is 0 Å². The molecule has 1 N–H and O–H groups in total. The van der Waals surface area contributed by atoms with Gasteiger partial charge in [0.2, 0.25) is 0 Å². The predicted molar refractivity (Wildman–Crippen MR) is 75.6 cm³/mol. The molecule has 19 heavy (non-hydrogen) atoms. The van der Waals surface area contributed by atoms with Crippen molar-refractivity contribution in [2.45, 2.75) is 20.1 Å². The molecule has 0 amide bonds. The minimum Gasteiger partial charge on any atom is -0.381 e. The van der Waals surface area contributed by atoms with Crippen LogP contribution >= 0.6 is 0 Å². The third kappa shape index (κ3) is 3.55. The molecule has 0 unspecified atom stereocenters. The molecule has 2 nitrogen and oxygen atoms in total. The van der Waals surface area contributed by atoms with E-state index >= 15 is 0 Å². The first-order valence-corrected chi connectivity index (χ1v) is 6.26. The Hall–Kier alpha value is -1.87. The van der Waals surface area contributed by atoms with Crippen LogP contribution in [0.25, 0.3) is 0 Å². The van der Waals surface area contributed by atoms with Crippen molar-refractivity contribution in [2.75, 3.05) is 12.4 Å². The number of hydrogen-bond acceptors (Lipinski definition) is 2. The second-order valence-electron chi connectivity index (χ2n) is 4.53. The highest BCUT2D eigenvalue weighted by Gasteiger charge is 2.02. The van der Waals surface area contributed by atoms with Crippen LogP contribution in [0, 0.1) is 12.7 Å². The first-order valence-electron chi connectivity index (χ1n) is 6.26. The van der Waals surface area contributed by atoms with Gasteiger partial charge < -0.3 is 10.1 Å². The summed E-state index contributed by atoms with van der Waals surface area (Å²) in [4.78, 5) is 0. The molecule has 2 aromatic rings. The second-order valence-corrected chi connectivity index (χ2v) is 4.53. The van der Waals surface area contributed by atoms with Crippen LogP contribution in [0.15, 0.2) is 42.5 Å². The summed E-state index contributed by atoms with van der Waals surface area (Å²) in [5.41, 5.74) is 3.89. The summed E-state index contributed by atoms with van der Waals surface area (Å²) >= 11 is 0. The third-order valence-electron chi connectivity index (χ3n) is 3.02. The molecule has 0 aliphatic rings. The smallest absolute Gasteiger partial charge is 0.126 e. The number of methoxy groups -OCH3 is 1. The standard InChI is InChI=1S/C16H18FNO/c1-12-9-13(7-8-15(12)17)10-18-16-6-4-3-5-14(16)11-19-2/h3-9,18H,10-11H2,1-2H3. The van der Waals surface area contributed by atoms with Gasteiger partial charge in [-0.25, -0.2) is 4.39 Å². The number of benzene rings is 2. The number of rotatable bonds is 5.